The summed E-state index contributed by atoms with van der Waals surface area (Å²) < 4.78 is 11.0. The number of pyridine rings is 1. The number of hydrogen-bond donors (Lipinski definition) is 2. The molecule has 0 saturated heterocycles. The van der Waals surface area contributed by atoms with Gasteiger partial charge in [-0.15, -0.1) is 0 Å². The molecule has 0 saturated carbocycles. The number of nitrogens with two attached hydrogens (primary N) is 1. The van der Waals surface area contributed by atoms with Crippen molar-refractivity contribution >= 4 is 22.9 Å². The van der Waals surface area contributed by atoms with Gasteiger partial charge < -0.3 is 20.5 Å². The maximum Gasteiger partial charge on any atom is 0.407 e. The number of amides is 2. The zero-order valence-electron chi connectivity index (χ0n) is 20.2. The van der Waals surface area contributed by atoms with Gasteiger partial charge in [-0.25, -0.2) is 4.79 Å². The predicted octanol–water partition coefficient (Wildman–Crippen LogP) is 4.66. The van der Waals surface area contributed by atoms with Gasteiger partial charge in [-0.1, -0.05) is 27.2 Å². The average molecular weight is 444 g/mol. The first-order valence-electron chi connectivity index (χ1n) is 11.3. The van der Waals surface area contributed by atoms with Crippen molar-refractivity contribution in [3.63, 3.8) is 0 Å². The number of nitrogens with zero attached hydrogens (tertiary/aromatic N) is 1. The van der Waals surface area contributed by atoms with Crippen molar-refractivity contribution in [2.45, 2.75) is 79.4 Å². The Bertz CT molecular complexity index is 948. The van der Waals surface area contributed by atoms with Crippen LogP contribution in [-0.2, 0) is 28.9 Å². The fourth-order valence-corrected chi connectivity index (χ4v) is 3.53. The number of carbonyl (C=O) groups is 2. The molecule has 176 valence electrons. The van der Waals surface area contributed by atoms with Gasteiger partial charge in [-0.05, 0) is 75.3 Å². The van der Waals surface area contributed by atoms with Gasteiger partial charge in [0.1, 0.15) is 11.4 Å². The Morgan fingerprint density at radius 3 is 2.50 bits per heavy atom. The molecule has 0 fully saturated rings. The molecule has 1 heterocycles. The highest BCUT2D eigenvalue weighted by Crippen LogP contribution is 2.30. The number of benzene rings is 1. The Morgan fingerprint density at radius 1 is 1.19 bits per heavy atom. The van der Waals surface area contributed by atoms with E-state index < -0.39 is 17.6 Å². The van der Waals surface area contributed by atoms with E-state index in [0.717, 1.165) is 53.4 Å². The molecule has 32 heavy (non-hydrogen) atoms. The first-order chi connectivity index (χ1) is 15.0. The maximum atomic E-state index is 12.3. The summed E-state index contributed by atoms with van der Waals surface area (Å²) in [6.07, 6.45) is 3.26. The smallest absolute Gasteiger partial charge is 0.407 e. The van der Waals surface area contributed by atoms with E-state index in [9.17, 15) is 9.59 Å². The van der Waals surface area contributed by atoms with Gasteiger partial charge in [0, 0.05) is 17.6 Å². The Labute approximate surface area is 191 Å². The van der Waals surface area contributed by atoms with Crippen molar-refractivity contribution in [3.8, 4) is 5.75 Å². The first-order valence-corrected chi connectivity index (χ1v) is 11.3. The first kappa shape index (κ1) is 25.4. The lowest BCUT2D eigenvalue weighted by Crippen LogP contribution is -2.32. The number of ether oxygens (including phenoxy) is 2. The second-order valence-electron chi connectivity index (χ2n) is 9.51. The van der Waals surface area contributed by atoms with Gasteiger partial charge in [0.25, 0.3) is 5.91 Å². The van der Waals surface area contributed by atoms with Crippen LogP contribution in [0.4, 0.5) is 4.79 Å². The summed E-state index contributed by atoms with van der Waals surface area (Å²) in [5.74, 6) is 0.458. The van der Waals surface area contributed by atoms with E-state index in [1.54, 1.807) is 6.07 Å². The summed E-state index contributed by atoms with van der Waals surface area (Å²) in [5.41, 5.74) is 8.69. The second kappa shape index (κ2) is 11.2. The van der Waals surface area contributed by atoms with Gasteiger partial charge in [0.05, 0.1) is 5.52 Å². The van der Waals surface area contributed by atoms with E-state index in [1.165, 1.54) is 0 Å². The molecule has 0 aliphatic carbocycles. The zero-order chi connectivity index (χ0) is 23.9. The fraction of sp³-hybridized carbons (Fsp3) is 0.560. The largest absolute Gasteiger partial charge is 0.484 e. The van der Waals surface area contributed by atoms with Crippen LogP contribution in [0, 0.1) is 5.92 Å². The molecule has 7 heteroatoms. The van der Waals surface area contributed by atoms with Crippen LogP contribution in [0.25, 0.3) is 10.9 Å². The molecular formula is C25H37N3O4. The molecule has 2 aromatic rings. The number of hydrogen-bond acceptors (Lipinski definition) is 5. The number of carbonyl (C=O) groups excluding carboxylic acids is 2. The van der Waals surface area contributed by atoms with E-state index in [4.69, 9.17) is 20.2 Å². The zero-order valence-corrected chi connectivity index (χ0v) is 20.2. The molecule has 3 N–H and O–H groups in total. The lowest BCUT2D eigenvalue weighted by molar-refractivity contribution is -0.119. The molecule has 0 bridgehead atoms. The SMILES string of the molecule is CCCCc1c(CNC(=O)OC(C)(C)C)c(CC(C)C)nc2ccc(OCC(N)=O)cc12. The van der Waals surface area contributed by atoms with Gasteiger partial charge in [-0.3, -0.25) is 9.78 Å². The minimum atomic E-state index is -0.565. The van der Waals surface area contributed by atoms with Gasteiger partial charge in [0.2, 0.25) is 0 Å². The molecule has 1 aromatic heterocycles. The second-order valence-corrected chi connectivity index (χ2v) is 9.51. The van der Waals surface area contributed by atoms with E-state index in [2.05, 4.69) is 26.1 Å². The molecule has 0 radical (unpaired) electrons. The number of alkyl carbamates (subject to hydrolysis) is 1. The molecule has 0 unspecified atom stereocenters. The van der Waals surface area contributed by atoms with Gasteiger partial charge in [0.15, 0.2) is 6.61 Å². The van der Waals surface area contributed by atoms with Crippen LogP contribution in [0.1, 0.15) is 71.2 Å². The van der Waals surface area contributed by atoms with Crippen LogP contribution in [0.3, 0.4) is 0 Å². The fourth-order valence-electron chi connectivity index (χ4n) is 3.53. The van der Waals surface area contributed by atoms with Crippen molar-refractivity contribution in [1.82, 2.24) is 10.3 Å². The molecule has 1 aromatic carbocycles. The predicted molar refractivity (Wildman–Crippen MR) is 127 cm³/mol. The molecular weight excluding hydrogens is 406 g/mol. The highest BCUT2D eigenvalue weighted by Gasteiger charge is 2.20. The number of aryl methyl sites for hydroxylation is 1. The van der Waals surface area contributed by atoms with E-state index in [1.807, 2.05) is 32.9 Å². The monoisotopic (exact) mass is 443 g/mol. The van der Waals surface area contributed by atoms with E-state index in [-0.39, 0.29) is 6.61 Å². The molecule has 2 rings (SSSR count). The molecule has 7 nitrogen and oxygen atoms in total. The van der Waals surface area contributed by atoms with Crippen LogP contribution in [0.15, 0.2) is 18.2 Å². The molecule has 0 aliphatic heterocycles. The Balaban J connectivity index is 2.53. The normalized spacial score (nSPS) is 11.6. The summed E-state index contributed by atoms with van der Waals surface area (Å²) in [7, 11) is 0. The number of nitrogens with one attached hydrogen (secondary N) is 1. The highest BCUT2D eigenvalue weighted by molar-refractivity contribution is 5.85. The summed E-state index contributed by atoms with van der Waals surface area (Å²) >= 11 is 0. The molecule has 0 spiro atoms. The lowest BCUT2D eigenvalue weighted by Gasteiger charge is -2.22. The van der Waals surface area contributed by atoms with Crippen LogP contribution in [0.2, 0.25) is 0 Å². The Morgan fingerprint density at radius 2 is 1.91 bits per heavy atom. The minimum absolute atomic E-state index is 0.179. The number of fused-ring (bicyclic) bond motifs is 1. The van der Waals surface area contributed by atoms with Crippen LogP contribution >= 0.6 is 0 Å². The topological polar surface area (TPSA) is 104 Å². The van der Waals surface area contributed by atoms with Gasteiger partial charge in [-0.2, -0.15) is 0 Å². The summed E-state index contributed by atoms with van der Waals surface area (Å²) in [6, 6.07) is 5.63. The molecule has 2 amide bonds. The molecule has 0 atom stereocenters. The number of rotatable bonds is 10. The highest BCUT2D eigenvalue weighted by atomic mass is 16.6. The van der Waals surface area contributed by atoms with E-state index in [0.29, 0.717) is 18.2 Å². The average Bonchev–Trinajstić information content (AvgIpc) is 2.67. The number of primary amides is 1. The van der Waals surface area contributed by atoms with Crippen molar-refractivity contribution in [3.05, 3.63) is 35.0 Å². The summed E-state index contributed by atoms with van der Waals surface area (Å²) in [6.45, 7) is 12.1. The van der Waals surface area contributed by atoms with Crippen LogP contribution < -0.4 is 15.8 Å². The standard InChI is InChI=1S/C25H37N3O4/c1-7-8-9-18-19-13-17(31-15-23(26)29)10-11-21(19)28-22(12-16(2)3)20(18)14-27-24(30)32-25(4,5)6/h10-11,13,16H,7-9,12,14-15H2,1-6H3,(H2,26,29)(H,27,30). The number of aromatic nitrogens is 1. The summed E-state index contributed by atoms with van der Waals surface area (Å²) in [5, 5.41) is 3.88. The lowest BCUT2D eigenvalue weighted by atomic mass is 9.92. The third kappa shape index (κ3) is 7.70. The Kier molecular flexibility index (Phi) is 8.87. The molecule has 0 aliphatic rings. The Hall–Kier alpha value is -2.83. The van der Waals surface area contributed by atoms with E-state index >= 15 is 0 Å². The quantitative estimate of drug-likeness (QED) is 0.556. The van der Waals surface area contributed by atoms with Crippen molar-refractivity contribution in [1.29, 1.82) is 0 Å². The maximum absolute atomic E-state index is 12.3. The van der Waals surface area contributed by atoms with Crippen LogP contribution in [-0.4, -0.2) is 29.2 Å². The number of unbranched alkanes of at least 4 members (excludes halogenated alkanes) is 1. The third-order valence-corrected chi connectivity index (χ3v) is 4.83. The summed E-state index contributed by atoms with van der Waals surface area (Å²) in [4.78, 5) is 28.4. The minimum Gasteiger partial charge on any atom is -0.484 e. The van der Waals surface area contributed by atoms with Crippen molar-refractivity contribution < 1.29 is 19.1 Å². The van der Waals surface area contributed by atoms with Gasteiger partial charge >= 0.3 is 6.09 Å². The third-order valence-electron chi connectivity index (χ3n) is 4.83. The van der Waals surface area contributed by atoms with Crippen molar-refractivity contribution in [2.24, 2.45) is 11.7 Å². The van der Waals surface area contributed by atoms with Crippen molar-refractivity contribution in [2.75, 3.05) is 6.61 Å². The van der Waals surface area contributed by atoms with Crippen LogP contribution in [0.5, 0.6) is 5.75 Å².